The fourth-order valence-electron chi connectivity index (χ4n) is 3.40. The highest BCUT2D eigenvalue weighted by atomic mass is 32.1. The highest BCUT2D eigenvalue weighted by Gasteiger charge is 2.19. The monoisotopic (exact) mass is 405 g/mol. The van der Waals surface area contributed by atoms with Crippen molar-refractivity contribution in [3.63, 3.8) is 0 Å². The SMILES string of the molecule is O=C(Nc1ccccc1N1CCOCC1)c1ccc(-c2nc3ccccc3s2)o1. The molecule has 6 nitrogen and oxygen atoms in total. The lowest BCUT2D eigenvalue weighted by Gasteiger charge is -2.30. The Morgan fingerprint density at radius 3 is 2.66 bits per heavy atom. The van der Waals surface area contributed by atoms with E-state index in [9.17, 15) is 4.79 Å². The summed E-state index contributed by atoms with van der Waals surface area (Å²) in [5.74, 6) is 0.576. The molecular formula is C22H19N3O3S. The van der Waals surface area contributed by atoms with E-state index in [-0.39, 0.29) is 11.7 Å². The van der Waals surface area contributed by atoms with Gasteiger partial charge in [0.05, 0.1) is 34.8 Å². The van der Waals surface area contributed by atoms with Crippen molar-refractivity contribution in [1.29, 1.82) is 0 Å². The van der Waals surface area contributed by atoms with E-state index in [0.29, 0.717) is 19.0 Å². The molecule has 2 aromatic heterocycles. The molecular weight excluding hydrogens is 386 g/mol. The fraction of sp³-hybridized carbons (Fsp3) is 0.182. The maximum atomic E-state index is 12.8. The van der Waals surface area contributed by atoms with Crippen molar-refractivity contribution in [2.75, 3.05) is 36.5 Å². The van der Waals surface area contributed by atoms with Crippen LogP contribution in [0.5, 0.6) is 0 Å². The standard InChI is InChI=1S/C22H19N3O3S/c26-21(23-15-5-1-3-7-17(15)25-11-13-27-14-12-25)18-9-10-19(28-18)22-24-16-6-2-4-8-20(16)29-22/h1-10H,11-14H2,(H,23,26). The predicted molar refractivity (Wildman–Crippen MR) is 115 cm³/mol. The van der Waals surface area contributed by atoms with Crippen LogP contribution in [0.15, 0.2) is 65.1 Å². The number of morpholine rings is 1. The molecule has 146 valence electrons. The smallest absolute Gasteiger partial charge is 0.291 e. The molecule has 7 heteroatoms. The molecule has 1 saturated heterocycles. The molecule has 0 bridgehead atoms. The Labute approximate surface area is 171 Å². The number of ether oxygens (including phenoxy) is 1. The van der Waals surface area contributed by atoms with Gasteiger partial charge in [0.1, 0.15) is 0 Å². The van der Waals surface area contributed by atoms with Crippen LogP contribution in [0, 0.1) is 0 Å². The summed E-state index contributed by atoms with van der Waals surface area (Å²) < 4.78 is 12.3. The minimum absolute atomic E-state index is 0.260. The van der Waals surface area contributed by atoms with Gasteiger partial charge in [-0.25, -0.2) is 4.98 Å². The zero-order valence-corrected chi connectivity index (χ0v) is 16.4. The van der Waals surface area contributed by atoms with E-state index in [4.69, 9.17) is 9.15 Å². The first-order valence-corrected chi connectivity index (χ1v) is 10.3. The number of hydrogen-bond acceptors (Lipinski definition) is 6. The Morgan fingerprint density at radius 2 is 1.79 bits per heavy atom. The number of nitrogens with one attached hydrogen (secondary N) is 1. The van der Waals surface area contributed by atoms with Gasteiger partial charge >= 0.3 is 0 Å². The number of thiazole rings is 1. The number of amides is 1. The average Bonchev–Trinajstić information content (AvgIpc) is 3.42. The van der Waals surface area contributed by atoms with Crippen molar-refractivity contribution >= 4 is 38.8 Å². The van der Waals surface area contributed by atoms with Gasteiger partial charge in [-0.1, -0.05) is 24.3 Å². The minimum atomic E-state index is -0.280. The van der Waals surface area contributed by atoms with E-state index in [0.717, 1.165) is 39.7 Å². The second-order valence-electron chi connectivity index (χ2n) is 6.72. The number of para-hydroxylation sites is 3. The molecule has 0 radical (unpaired) electrons. The van der Waals surface area contributed by atoms with Crippen LogP contribution in [-0.4, -0.2) is 37.2 Å². The number of carbonyl (C=O) groups excluding carboxylic acids is 1. The molecule has 2 aromatic carbocycles. The molecule has 1 amide bonds. The Kier molecular flexibility index (Phi) is 4.75. The zero-order valence-electron chi connectivity index (χ0n) is 15.6. The number of aromatic nitrogens is 1. The molecule has 29 heavy (non-hydrogen) atoms. The molecule has 0 spiro atoms. The van der Waals surface area contributed by atoms with E-state index < -0.39 is 0 Å². The zero-order chi connectivity index (χ0) is 19.6. The molecule has 0 aliphatic carbocycles. The third-order valence-electron chi connectivity index (χ3n) is 4.84. The van der Waals surface area contributed by atoms with Crippen LogP contribution in [0.25, 0.3) is 21.0 Å². The first-order chi connectivity index (χ1) is 14.3. The Balaban J connectivity index is 1.37. The second kappa shape index (κ2) is 7.69. The van der Waals surface area contributed by atoms with Crippen LogP contribution in [0.3, 0.4) is 0 Å². The first kappa shape index (κ1) is 17.9. The first-order valence-electron chi connectivity index (χ1n) is 9.47. The van der Waals surface area contributed by atoms with Gasteiger partial charge in [-0.2, -0.15) is 0 Å². The lowest BCUT2D eigenvalue weighted by Crippen LogP contribution is -2.36. The van der Waals surface area contributed by atoms with Crippen molar-refractivity contribution < 1.29 is 13.9 Å². The third kappa shape index (κ3) is 3.62. The fourth-order valence-corrected chi connectivity index (χ4v) is 4.32. The molecule has 3 heterocycles. The molecule has 1 fully saturated rings. The molecule has 4 aromatic rings. The van der Waals surface area contributed by atoms with Crippen LogP contribution in [0.1, 0.15) is 10.6 Å². The summed E-state index contributed by atoms with van der Waals surface area (Å²) in [5, 5.41) is 3.75. The van der Waals surface area contributed by atoms with Crippen molar-refractivity contribution in [3.05, 3.63) is 66.4 Å². The Morgan fingerprint density at radius 1 is 1.00 bits per heavy atom. The maximum Gasteiger partial charge on any atom is 0.291 e. The number of hydrogen-bond donors (Lipinski definition) is 1. The van der Waals surface area contributed by atoms with Crippen molar-refractivity contribution in [3.8, 4) is 10.8 Å². The molecule has 0 saturated carbocycles. The van der Waals surface area contributed by atoms with E-state index in [1.165, 1.54) is 0 Å². The van der Waals surface area contributed by atoms with Crippen LogP contribution in [0.4, 0.5) is 11.4 Å². The minimum Gasteiger partial charge on any atom is -0.448 e. The predicted octanol–water partition coefficient (Wildman–Crippen LogP) is 4.65. The van der Waals surface area contributed by atoms with E-state index in [2.05, 4.69) is 15.2 Å². The van der Waals surface area contributed by atoms with E-state index >= 15 is 0 Å². The average molecular weight is 405 g/mol. The quantitative estimate of drug-likeness (QED) is 0.535. The van der Waals surface area contributed by atoms with E-state index in [1.54, 1.807) is 23.5 Å². The molecule has 1 aliphatic rings. The van der Waals surface area contributed by atoms with Gasteiger partial charge in [-0.15, -0.1) is 11.3 Å². The summed E-state index contributed by atoms with van der Waals surface area (Å²) in [6, 6.07) is 19.2. The normalized spacial score (nSPS) is 14.3. The number of nitrogens with zero attached hydrogens (tertiary/aromatic N) is 2. The highest BCUT2D eigenvalue weighted by molar-refractivity contribution is 7.21. The van der Waals surface area contributed by atoms with Crippen molar-refractivity contribution in [2.24, 2.45) is 0 Å². The maximum absolute atomic E-state index is 12.8. The lowest BCUT2D eigenvalue weighted by atomic mass is 10.2. The van der Waals surface area contributed by atoms with Crippen LogP contribution >= 0.6 is 11.3 Å². The van der Waals surface area contributed by atoms with Gasteiger partial charge in [-0.05, 0) is 36.4 Å². The summed E-state index contributed by atoms with van der Waals surface area (Å²) in [4.78, 5) is 19.6. The summed E-state index contributed by atoms with van der Waals surface area (Å²) in [5.41, 5.74) is 2.67. The molecule has 1 N–H and O–H groups in total. The van der Waals surface area contributed by atoms with Gasteiger partial charge in [0.15, 0.2) is 16.5 Å². The summed E-state index contributed by atoms with van der Waals surface area (Å²) in [7, 11) is 0. The number of rotatable bonds is 4. The van der Waals surface area contributed by atoms with Gasteiger partial charge in [0.25, 0.3) is 5.91 Å². The van der Waals surface area contributed by atoms with Gasteiger partial charge < -0.3 is 19.4 Å². The highest BCUT2D eigenvalue weighted by Crippen LogP contribution is 2.32. The topological polar surface area (TPSA) is 67.6 Å². The van der Waals surface area contributed by atoms with Crippen LogP contribution in [-0.2, 0) is 4.74 Å². The van der Waals surface area contributed by atoms with Crippen molar-refractivity contribution in [1.82, 2.24) is 4.98 Å². The molecule has 0 atom stereocenters. The van der Waals surface area contributed by atoms with Crippen LogP contribution < -0.4 is 10.2 Å². The second-order valence-corrected chi connectivity index (χ2v) is 7.75. The number of anilines is 2. The molecule has 1 aliphatic heterocycles. The molecule has 5 rings (SSSR count). The summed E-state index contributed by atoms with van der Waals surface area (Å²) >= 11 is 1.55. The summed E-state index contributed by atoms with van der Waals surface area (Å²) in [6.07, 6.45) is 0. The Hall–Kier alpha value is -3.16. The van der Waals surface area contributed by atoms with E-state index in [1.807, 2.05) is 48.5 Å². The molecule has 0 unspecified atom stereocenters. The van der Waals surface area contributed by atoms with Gasteiger partial charge in [0.2, 0.25) is 0 Å². The lowest BCUT2D eigenvalue weighted by molar-refractivity contribution is 0.0997. The Bertz CT molecular complexity index is 1130. The van der Waals surface area contributed by atoms with Crippen molar-refractivity contribution in [2.45, 2.75) is 0 Å². The number of furan rings is 1. The van der Waals surface area contributed by atoms with Gasteiger partial charge in [0, 0.05) is 13.1 Å². The third-order valence-corrected chi connectivity index (χ3v) is 5.89. The number of benzene rings is 2. The number of fused-ring (bicyclic) bond motifs is 1. The number of carbonyl (C=O) groups is 1. The van der Waals surface area contributed by atoms with Crippen LogP contribution in [0.2, 0.25) is 0 Å². The van der Waals surface area contributed by atoms with Gasteiger partial charge in [-0.3, -0.25) is 4.79 Å². The summed E-state index contributed by atoms with van der Waals surface area (Å²) in [6.45, 7) is 2.97. The largest absolute Gasteiger partial charge is 0.448 e.